The lowest BCUT2D eigenvalue weighted by Gasteiger charge is -2.00. The summed E-state index contributed by atoms with van der Waals surface area (Å²) in [6.45, 7) is 2.31. The standard InChI is InChI=1S/C8H9ClN2O2/c1-2-3-13-8(12)6-4-11-7(9)5-10-6/h4-5H,2-3H2,1H3. The highest BCUT2D eigenvalue weighted by molar-refractivity contribution is 6.29. The van der Waals surface area contributed by atoms with E-state index in [0.29, 0.717) is 6.61 Å². The molecule has 0 unspecified atom stereocenters. The van der Waals surface area contributed by atoms with Gasteiger partial charge in [-0.05, 0) is 6.42 Å². The first-order valence-electron chi connectivity index (χ1n) is 3.88. The first-order valence-corrected chi connectivity index (χ1v) is 4.26. The maximum atomic E-state index is 11.1. The minimum Gasteiger partial charge on any atom is -0.461 e. The van der Waals surface area contributed by atoms with Gasteiger partial charge >= 0.3 is 5.97 Å². The number of hydrogen-bond donors (Lipinski definition) is 0. The quantitative estimate of drug-likeness (QED) is 0.697. The SMILES string of the molecule is CCCOC(=O)c1cnc(Cl)cn1. The molecule has 0 fully saturated rings. The Morgan fingerprint density at radius 1 is 1.54 bits per heavy atom. The highest BCUT2D eigenvalue weighted by Gasteiger charge is 2.07. The highest BCUT2D eigenvalue weighted by Crippen LogP contribution is 2.02. The molecule has 0 aromatic carbocycles. The van der Waals surface area contributed by atoms with Gasteiger partial charge in [-0.15, -0.1) is 0 Å². The Morgan fingerprint density at radius 2 is 2.31 bits per heavy atom. The fraction of sp³-hybridized carbons (Fsp3) is 0.375. The molecule has 4 nitrogen and oxygen atoms in total. The normalized spacial score (nSPS) is 9.69. The minimum atomic E-state index is -0.467. The van der Waals surface area contributed by atoms with Crippen LogP contribution in [0.2, 0.25) is 5.15 Å². The van der Waals surface area contributed by atoms with E-state index in [-0.39, 0.29) is 10.8 Å². The van der Waals surface area contributed by atoms with Gasteiger partial charge in [0.05, 0.1) is 19.0 Å². The average molecular weight is 201 g/mol. The molecular formula is C8H9ClN2O2. The third-order valence-corrected chi connectivity index (χ3v) is 1.46. The topological polar surface area (TPSA) is 52.1 Å². The largest absolute Gasteiger partial charge is 0.461 e. The van der Waals surface area contributed by atoms with E-state index in [1.165, 1.54) is 12.4 Å². The number of nitrogens with zero attached hydrogens (tertiary/aromatic N) is 2. The smallest absolute Gasteiger partial charge is 0.358 e. The van der Waals surface area contributed by atoms with Crippen molar-refractivity contribution in [1.29, 1.82) is 0 Å². The molecule has 0 saturated heterocycles. The van der Waals surface area contributed by atoms with Crippen molar-refractivity contribution in [1.82, 2.24) is 9.97 Å². The van der Waals surface area contributed by atoms with Gasteiger partial charge in [-0.1, -0.05) is 18.5 Å². The van der Waals surface area contributed by atoms with Crippen LogP contribution in [0.25, 0.3) is 0 Å². The van der Waals surface area contributed by atoms with E-state index in [1.807, 2.05) is 6.92 Å². The Morgan fingerprint density at radius 3 is 2.85 bits per heavy atom. The van der Waals surface area contributed by atoms with E-state index in [0.717, 1.165) is 6.42 Å². The predicted octanol–water partition coefficient (Wildman–Crippen LogP) is 1.70. The van der Waals surface area contributed by atoms with Crippen molar-refractivity contribution in [2.75, 3.05) is 6.61 Å². The fourth-order valence-corrected chi connectivity index (χ4v) is 0.784. The number of hydrogen-bond acceptors (Lipinski definition) is 4. The fourth-order valence-electron chi connectivity index (χ4n) is 0.686. The zero-order valence-corrected chi connectivity index (χ0v) is 7.91. The Hall–Kier alpha value is -1.16. The van der Waals surface area contributed by atoms with Gasteiger partial charge in [0.25, 0.3) is 0 Å². The van der Waals surface area contributed by atoms with Crippen LogP contribution in [-0.2, 0) is 4.74 Å². The molecule has 0 saturated carbocycles. The summed E-state index contributed by atoms with van der Waals surface area (Å²) in [4.78, 5) is 18.6. The van der Waals surface area contributed by atoms with Crippen LogP contribution in [-0.4, -0.2) is 22.5 Å². The molecular weight excluding hydrogens is 192 g/mol. The second-order valence-corrected chi connectivity index (χ2v) is 2.75. The van der Waals surface area contributed by atoms with Crippen molar-refractivity contribution in [3.05, 3.63) is 23.2 Å². The molecule has 1 rings (SSSR count). The van der Waals surface area contributed by atoms with Crippen molar-refractivity contribution < 1.29 is 9.53 Å². The lowest BCUT2D eigenvalue weighted by molar-refractivity contribution is 0.0497. The summed E-state index contributed by atoms with van der Waals surface area (Å²) in [5.74, 6) is -0.467. The monoisotopic (exact) mass is 200 g/mol. The lowest BCUT2D eigenvalue weighted by Crippen LogP contribution is -2.08. The molecule has 13 heavy (non-hydrogen) atoms. The van der Waals surface area contributed by atoms with Gasteiger partial charge in [-0.25, -0.2) is 14.8 Å². The molecule has 0 bridgehead atoms. The molecule has 1 aromatic rings. The van der Waals surface area contributed by atoms with Crippen LogP contribution in [0.5, 0.6) is 0 Å². The molecule has 70 valence electrons. The molecule has 0 amide bonds. The van der Waals surface area contributed by atoms with Gasteiger partial charge < -0.3 is 4.74 Å². The van der Waals surface area contributed by atoms with Gasteiger partial charge in [-0.3, -0.25) is 0 Å². The molecule has 0 aliphatic rings. The van der Waals surface area contributed by atoms with Crippen molar-refractivity contribution in [2.45, 2.75) is 13.3 Å². The maximum Gasteiger partial charge on any atom is 0.358 e. The van der Waals surface area contributed by atoms with Gasteiger partial charge in [0.2, 0.25) is 0 Å². The summed E-state index contributed by atoms with van der Waals surface area (Å²) in [5.41, 5.74) is 0.179. The summed E-state index contributed by atoms with van der Waals surface area (Å²) in [7, 11) is 0. The Balaban J connectivity index is 2.61. The van der Waals surface area contributed by atoms with Crippen molar-refractivity contribution in [3.8, 4) is 0 Å². The van der Waals surface area contributed by atoms with E-state index in [1.54, 1.807) is 0 Å². The maximum absolute atomic E-state index is 11.1. The van der Waals surface area contributed by atoms with E-state index < -0.39 is 5.97 Å². The van der Waals surface area contributed by atoms with Gasteiger partial charge in [-0.2, -0.15) is 0 Å². The molecule has 1 heterocycles. The molecule has 0 radical (unpaired) electrons. The van der Waals surface area contributed by atoms with E-state index >= 15 is 0 Å². The molecule has 5 heteroatoms. The third-order valence-electron chi connectivity index (χ3n) is 1.27. The molecule has 0 aliphatic carbocycles. The molecule has 0 N–H and O–H groups in total. The zero-order chi connectivity index (χ0) is 9.68. The number of rotatable bonds is 3. The van der Waals surface area contributed by atoms with Crippen LogP contribution in [0.1, 0.15) is 23.8 Å². The van der Waals surface area contributed by atoms with Crippen molar-refractivity contribution in [2.24, 2.45) is 0 Å². The summed E-state index contributed by atoms with van der Waals surface area (Å²) in [6.07, 6.45) is 3.39. The summed E-state index contributed by atoms with van der Waals surface area (Å²) in [6, 6.07) is 0. The number of carbonyl (C=O) groups excluding carboxylic acids is 1. The van der Waals surface area contributed by atoms with Gasteiger partial charge in [0.15, 0.2) is 5.69 Å². The lowest BCUT2D eigenvalue weighted by atomic mass is 10.4. The van der Waals surface area contributed by atoms with Crippen LogP contribution in [0.3, 0.4) is 0 Å². The Labute approximate surface area is 80.9 Å². The van der Waals surface area contributed by atoms with E-state index in [9.17, 15) is 4.79 Å². The van der Waals surface area contributed by atoms with Gasteiger partial charge in [0.1, 0.15) is 5.15 Å². The minimum absolute atomic E-state index is 0.179. The Bertz CT molecular complexity index is 287. The highest BCUT2D eigenvalue weighted by atomic mass is 35.5. The summed E-state index contributed by atoms with van der Waals surface area (Å²) < 4.78 is 4.83. The van der Waals surface area contributed by atoms with Gasteiger partial charge in [0, 0.05) is 0 Å². The zero-order valence-electron chi connectivity index (χ0n) is 7.16. The summed E-state index contributed by atoms with van der Waals surface area (Å²) >= 11 is 5.49. The number of halogens is 1. The van der Waals surface area contributed by atoms with Crippen LogP contribution in [0.4, 0.5) is 0 Å². The first-order chi connectivity index (χ1) is 6.24. The third kappa shape index (κ3) is 2.99. The number of carbonyl (C=O) groups is 1. The van der Waals surface area contributed by atoms with E-state index in [2.05, 4.69) is 9.97 Å². The van der Waals surface area contributed by atoms with Crippen LogP contribution < -0.4 is 0 Å². The molecule has 1 aromatic heterocycles. The van der Waals surface area contributed by atoms with Crippen LogP contribution >= 0.6 is 11.6 Å². The van der Waals surface area contributed by atoms with E-state index in [4.69, 9.17) is 16.3 Å². The molecule has 0 aliphatic heterocycles. The number of ether oxygens (including phenoxy) is 1. The average Bonchev–Trinajstić information content (AvgIpc) is 2.15. The first kappa shape index (κ1) is 9.92. The number of aromatic nitrogens is 2. The van der Waals surface area contributed by atoms with Crippen LogP contribution in [0.15, 0.2) is 12.4 Å². The van der Waals surface area contributed by atoms with Crippen molar-refractivity contribution >= 4 is 17.6 Å². The molecule has 0 atom stereocenters. The van der Waals surface area contributed by atoms with Crippen molar-refractivity contribution in [3.63, 3.8) is 0 Å². The second-order valence-electron chi connectivity index (χ2n) is 2.36. The predicted molar refractivity (Wildman–Crippen MR) is 47.6 cm³/mol. The summed E-state index contributed by atoms with van der Waals surface area (Å²) in [5, 5.41) is 0.257. The second kappa shape index (κ2) is 4.77. The van der Waals surface area contributed by atoms with Crippen LogP contribution in [0, 0.1) is 0 Å². The Kier molecular flexibility index (Phi) is 3.64. The number of esters is 1. The molecule has 0 spiro atoms.